The van der Waals surface area contributed by atoms with Crippen LogP contribution in [0.2, 0.25) is 0 Å². The van der Waals surface area contributed by atoms with Gasteiger partial charge in [0.25, 0.3) is 0 Å². The molecule has 1 amide bonds. The van der Waals surface area contributed by atoms with Gasteiger partial charge in [-0.1, -0.05) is 36.8 Å². The third-order valence-corrected chi connectivity index (χ3v) is 5.36. The summed E-state index contributed by atoms with van der Waals surface area (Å²) in [6.45, 7) is 1.15. The van der Waals surface area contributed by atoms with E-state index in [4.69, 9.17) is 0 Å². The number of anilines is 1. The van der Waals surface area contributed by atoms with Gasteiger partial charge in [0.1, 0.15) is 0 Å². The number of nitrogens with zero attached hydrogens (tertiary/aromatic N) is 1. The number of carbonyl (C=O) groups excluding carboxylic acids is 1. The lowest BCUT2D eigenvalue weighted by atomic mass is 9.93. The Morgan fingerprint density at radius 2 is 1.88 bits per heavy atom. The molecule has 2 atom stereocenters. The molecule has 2 aromatic carbocycles. The molecule has 25 heavy (non-hydrogen) atoms. The van der Waals surface area contributed by atoms with Crippen molar-refractivity contribution in [3.05, 3.63) is 63.7 Å². The predicted molar refractivity (Wildman–Crippen MR) is 108 cm³/mol. The highest BCUT2D eigenvalue weighted by Crippen LogP contribution is 2.28. The lowest BCUT2D eigenvalue weighted by Gasteiger charge is -2.38. The number of piperidine rings is 1. The van der Waals surface area contributed by atoms with Gasteiger partial charge in [-0.2, -0.15) is 0 Å². The molecule has 5 heteroatoms. The van der Waals surface area contributed by atoms with E-state index in [1.54, 1.807) is 0 Å². The maximum Gasteiger partial charge on any atom is 0.238 e. The summed E-state index contributed by atoms with van der Waals surface area (Å²) in [6.07, 6.45) is 2.50. The zero-order valence-electron chi connectivity index (χ0n) is 14.1. The van der Waals surface area contributed by atoms with Crippen LogP contribution in [0.4, 0.5) is 5.69 Å². The molecule has 0 bridgehead atoms. The summed E-state index contributed by atoms with van der Waals surface area (Å²) >= 11 is 2.24. The van der Waals surface area contributed by atoms with Gasteiger partial charge in [-0.25, -0.2) is 0 Å². The highest BCUT2D eigenvalue weighted by atomic mass is 127. The van der Waals surface area contributed by atoms with Crippen LogP contribution in [0.15, 0.2) is 54.6 Å². The Morgan fingerprint density at radius 1 is 1.16 bits per heavy atom. The molecule has 0 spiro atoms. The van der Waals surface area contributed by atoms with Crippen molar-refractivity contribution in [3.8, 4) is 0 Å². The Morgan fingerprint density at radius 3 is 2.60 bits per heavy atom. The minimum Gasteiger partial charge on any atom is -0.387 e. The second-order valence-electron chi connectivity index (χ2n) is 6.44. The third-order valence-electron chi connectivity index (χ3n) is 4.64. The van der Waals surface area contributed by atoms with E-state index in [2.05, 4.69) is 32.8 Å². The van der Waals surface area contributed by atoms with Crippen molar-refractivity contribution in [2.45, 2.75) is 31.4 Å². The number of nitrogens with one attached hydrogen (secondary N) is 1. The van der Waals surface area contributed by atoms with Crippen molar-refractivity contribution in [2.75, 3.05) is 18.4 Å². The number of halogens is 1. The lowest BCUT2D eigenvalue weighted by molar-refractivity contribution is -0.119. The second-order valence-corrected chi connectivity index (χ2v) is 7.69. The van der Waals surface area contributed by atoms with Crippen LogP contribution in [0.3, 0.4) is 0 Å². The monoisotopic (exact) mass is 450 g/mol. The molecule has 1 aliphatic heterocycles. The molecule has 0 unspecified atom stereocenters. The fraction of sp³-hybridized carbons (Fsp3) is 0.350. The van der Waals surface area contributed by atoms with Crippen molar-refractivity contribution >= 4 is 34.2 Å². The molecule has 0 aromatic heterocycles. The Hall–Kier alpha value is -1.44. The van der Waals surface area contributed by atoms with E-state index in [0.29, 0.717) is 6.54 Å². The normalized spacial score (nSPS) is 19.4. The van der Waals surface area contributed by atoms with Gasteiger partial charge in [-0.15, -0.1) is 0 Å². The highest BCUT2D eigenvalue weighted by molar-refractivity contribution is 14.1. The van der Waals surface area contributed by atoms with Crippen LogP contribution in [0, 0.1) is 3.57 Å². The van der Waals surface area contributed by atoms with Gasteiger partial charge in [0.15, 0.2) is 0 Å². The topological polar surface area (TPSA) is 52.6 Å². The van der Waals surface area contributed by atoms with Gasteiger partial charge in [0.2, 0.25) is 5.91 Å². The molecule has 1 fully saturated rings. The van der Waals surface area contributed by atoms with Crippen molar-refractivity contribution < 1.29 is 9.90 Å². The van der Waals surface area contributed by atoms with Crippen molar-refractivity contribution in [2.24, 2.45) is 0 Å². The number of aliphatic hydroxyl groups excluding tert-OH is 1. The number of carbonyl (C=O) groups is 1. The summed E-state index contributed by atoms with van der Waals surface area (Å²) < 4.78 is 1.14. The van der Waals surface area contributed by atoms with Gasteiger partial charge in [0, 0.05) is 15.3 Å². The van der Waals surface area contributed by atoms with Gasteiger partial charge in [0.05, 0.1) is 12.6 Å². The Kier molecular flexibility index (Phi) is 6.45. The minimum absolute atomic E-state index is 0.0152. The molecule has 0 aliphatic carbocycles. The third kappa shape index (κ3) is 5.03. The van der Waals surface area contributed by atoms with E-state index in [1.807, 2.05) is 54.6 Å². The van der Waals surface area contributed by atoms with Crippen LogP contribution in [-0.2, 0) is 4.79 Å². The van der Waals surface area contributed by atoms with Crippen molar-refractivity contribution in [1.82, 2.24) is 4.90 Å². The van der Waals surface area contributed by atoms with Gasteiger partial charge < -0.3 is 10.4 Å². The Labute approximate surface area is 162 Å². The first kappa shape index (κ1) is 18.4. The molecular formula is C20H23IN2O2. The lowest BCUT2D eigenvalue weighted by Crippen LogP contribution is -2.46. The molecule has 0 radical (unpaired) electrons. The second kappa shape index (κ2) is 8.78. The smallest absolute Gasteiger partial charge is 0.238 e. The number of likely N-dealkylation sites (tertiary alicyclic amines) is 1. The number of hydrogen-bond donors (Lipinski definition) is 2. The molecule has 1 saturated heterocycles. The van der Waals surface area contributed by atoms with Crippen LogP contribution in [-0.4, -0.2) is 35.0 Å². The van der Waals surface area contributed by atoms with Crippen LogP contribution in [0.1, 0.15) is 30.9 Å². The van der Waals surface area contributed by atoms with Crippen molar-refractivity contribution in [1.29, 1.82) is 0 Å². The van der Waals surface area contributed by atoms with Crippen LogP contribution in [0.5, 0.6) is 0 Å². The van der Waals surface area contributed by atoms with Crippen LogP contribution >= 0.6 is 22.6 Å². The van der Waals surface area contributed by atoms with Crippen LogP contribution < -0.4 is 5.32 Å². The fourth-order valence-corrected chi connectivity index (χ4v) is 3.72. The van der Waals surface area contributed by atoms with Crippen LogP contribution in [0.25, 0.3) is 0 Å². The Bertz CT molecular complexity index is 691. The fourth-order valence-electron chi connectivity index (χ4n) is 3.36. The molecular weight excluding hydrogens is 427 g/mol. The van der Waals surface area contributed by atoms with E-state index < -0.39 is 6.10 Å². The van der Waals surface area contributed by atoms with Gasteiger partial charge in [-0.3, -0.25) is 9.69 Å². The largest absolute Gasteiger partial charge is 0.387 e. The summed E-state index contributed by atoms with van der Waals surface area (Å²) in [6, 6.07) is 17.5. The average Bonchev–Trinajstić information content (AvgIpc) is 2.64. The molecule has 2 N–H and O–H groups in total. The summed E-state index contributed by atoms with van der Waals surface area (Å²) in [5.74, 6) is -0.0339. The number of hydrogen-bond acceptors (Lipinski definition) is 3. The summed E-state index contributed by atoms with van der Waals surface area (Å²) in [5, 5.41) is 13.7. The maximum atomic E-state index is 12.4. The quantitative estimate of drug-likeness (QED) is 0.682. The maximum absolute atomic E-state index is 12.4. The zero-order valence-corrected chi connectivity index (χ0v) is 16.2. The first-order valence-electron chi connectivity index (χ1n) is 8.66. The van der Waals surface area contributed by atoms with E-state index >= 15 is 0 Å². The summed E-state index contributed by atoms with van der Waals surface area (Å²) in [5.41, 5.74) is 1.72. The van der Waals surface area contributed by atoms with E-state index in [9.17, 15) is 9.90 Å². The van der Waals surface area contributed by atoms with Crippen molar-refractivity contribution in [3.63, 3.8) is 0 Å². The first-order valence-corrected chi connectivity index (χ1v) is 9.74. The Balaban J connectivity index is 1.64. The number of benzene rings is 2. The number of rotatable bonds is 5. The molecule has 1 aliphatic rings. The minimum atomic E-state index is -0.562. The van der Waals surface area contributed by atoms with E-state index in [1.165, 1.54) is 0 Å². The molecule has 1 heterocycles. The standard InChI is InChI=1S/C20H23IN2O2/c21-16-9-11-17(12-10-16)22-19(24)14-23-13-5-4-8-18(23)20(25)15-6-2-1-3-7-15/h1-3,6-7,9-12,18,20,25H,4-5,8,13-14H2,(H,22,24)/t18-,20-/m0/s1. The molecule has 3 rings (SSSR count). The summed E-state index contributed by atoms with van der Waals surface area (Å²) in [4.78, 5) is 14.5. The van der Waals surface area contributed by atoms with E-state index in [-0.39, 0.29) is 11.9 Å². The molecule has 132 valence electrons. The molecule has 0 saturated carbocycles. The predicted octanol–water partition coefficient (Wildman–Crippen LogP) is 3.82. The molecule has 4 nitrogen and oxygen atoms in total. The number of aliphatic hydroxyl groups is 1. The SMILES string of the molecule is O=C(CN1CCCC[C@H]1[C@@H](O)c1ccccc1)Nc1ccc(I)cc1. The first-order chi connectivity index (χ1) is 12.1. The number of amides is 1. The molecule has 2 aromatic rings. The highest BCUT2D eigenvalue weighted by Gasteiger charge is 2.30. The van der Waals surface area contributed by atoms with E-state index in [0.717, 1.165) is 40.6 Å². The van der Waals surface area contributed by atoms with Gasteiger partial charge >= 0.3 is 0 Å². The average molecular weight is 450 g/mol. The zero-order chi connectivity index (χ0) is 17.6. The van der Waals surface area contributed by atoms with Gasteiger partial charge in [-0.05, 0) is 71.8 Å². The summed E-state index contributed by atoms with van der Waals surface area (Å²) in [7, 11) is 0.